The predicted octanol–water partition coefficient (Wildman–Crippen LogP) is 5.49. The smallest absolute Gasteiger partial charge is 0.418 e. The second-order valence-electron chi connectivity index (χ2n) is 6.59. The molecular formula is C20H21F3N2O. The molecule has 0 unspecified atom stereocenters. The van der Waals surface area contributed by atoms with Gasteiger partial charge in [-0.05, 0) is 56.4 Å². The molecule has 1 aliphatic rings. The molecule has 1 aromatic carbocycles. The molecule has 2 N–H and O–H groups in total. The van der Waals surface area contributed by atoms with Crippen LogP contribution in [0.5, 0.6) is 11.6 Å². The fourth-order valence-corrected chi connectivity index (χ4v) is 3.07. The maximum Gasteiger partial charge on any atom is 0.418 e. The lowest BCUT2D eigenvalue weighted by atomic mass is 9.90. The molecule has 2 aromatic rings. The number of allylic oxidation sites excluding steroid dienone is 1. The fourth-order valence-electron chi connectivity index (χ4n) is 3.07. The molecular weight excluding hydrogens is 341 g/mol. The van der Waals surface area contributed by atoms with Gasteiger partial charge in [-0.3, -0.25) is 0 Å². The van der Waals surface area contributed by atoms with Crippen molar-refractivity contribution in [2.75, 3.05) is 0 Å². The van der Waals surface area contributed by atoms with Crippen LogP contribution in [0, 0.1) is 6.92 Å². The number of hydrogen-bond donors (Lipinski definition) is 1. The van der Waals surface area contributed by atoms with E-state index in [9.17, 15) is 13.2 Å². The number of alkyl halides is 3. The van der Waals surface area contributed by atoms with Crippen LogP contribution >= 0.6 is 0 Å². The summed E-state index contributed by atoms with van der Waals surface area (Å²) in [6.45, 7) is 1.32. The number of benzene rings is 1. The molecule has 1 heterocycles. The number of nitrogens with two attached hydrogens (primary N) is 1. The quantitative estimate of drug-likeness (QED) is 0.786. The summed E-state index contributed by atoms with van der Waals surface area (Å²) in [7, 11) is 0. The lowest BCUT2D eigenvalue weighted by Gasteiger charge is -2.20. The first-order valence-electron chi connectivity index (χ1n) is 8.59. The van der Waals surface area contributed by atoms with Crippen LogP contribution < -0.4 is 10.5 Å². The number of pyridine rings is 1. The Labute approximate surface area is 150 Å². The van der Waals surface area contributed by atoms with Gasteiger partial charge in [0.2, 0.25) is 5.88 Å². The molecule has 0 atom stereocenters. The minimum absolute atomic E-state index is 0.105. The molecule has 1 aromatic heterocycles. The summed E-state index contributed by atoms with van der Waals surface area (Å²) >= 11 is 0. The highest BCUT2D eigenvalue weighted by Crippen LogP contribution is 2.33. The van der Waals surface area contributed by atoms with Gasteiger partial charge in [-0.25, -0.2) is 4.98 Å². The van der Waals surface area contributed by atoms with E-state index >= 15 is 0 Å². The monoisotopic (exact) mass is 362 g/mol. The lowest BCUT2D eigenvalue weighted by molar-refractivity contribution is -0.138. The molecule has 26 heavy (non-hydrogen) atoms. The van der Waals surface area contributed by atoms with Crippen molar-refractivity contribution in [2.24, 2.45) is 5.73 Å². The van der Waals surface area contributed by atoms with E-state index in [1.807, 2.05) is 18.2 Å². The number of aromatic nitrogens is 1. The molecule has 0 bridgehead atoms. The zero-order chi connectivity index (χ0) is 18.7. The molecule has 1 saturated carbocycles. The van der Waals surface area contributed by atoms with Crippen molar-refractivity contribution >= 4 is 6.08 Å². The Morgan fingerprint density at radius 3 is 2.54 bits per heavy atom. The van der Waals surface area contributed by atoms with E-state index in [0.717, 1.165) is 37.3 Å². The summed E-state index contributed by atoms with van der Waals surface area (Å²) in [4.78, 5) is 3.92. The van der Waals surface area contributed by atoms with Crippen LogP contribution in [0.15, 0.2) is 42.0 Å². The van der Waals surface area contributed by atoms with Crippen LogP contribution in [-0.2, 0) is 6.18 Å². The molecule has 3 rings (SSSR count). The van der Waals surface area contributed by atoms with Crippen molar-refractivity contribution in [3.8, 4) is 11.6 Å². The van der Waals surface area contributed by atoms with Crippen molar-refractivity contribution in [1.82, 2.24) is 4.98 Å². The summed E-state index contributed by atoms with van der Waals surface area (Å²) in [5.41, 5.74) is 7.42. The second kappa shape index (κ2) is 7.50. The number of ether oxygens (including phenoxy) is 1. The van der Waals surface area contributed by atoms with Gasteiger partial charge in [0.05, 0.1) is 11.3 Å². The van der Waals surface area contributed by atoms with Crippen molar-refractivity contribution in [2.45, 2.75) is 44.8 Å². The van der Waals surface area contributed by atoms with Crippen LogP contribution in [0.25, 0.3) is 6.08 Å². The van der Waals surface area contributed by atoms with Gasteiger partial charge < -0.3 is 10.5 Å². The van der Waals surface area contributed by atoms with Gasteiger partial charge in [0.15, 0.2) is 0 Å². The Kier molecular flexibility index (Phi) is 5.32. The van der Waals surface area contributed by atoms with E-state index in [1.54, 1.807) is 6.07 Å². The minimum atomic E-state index is -4.41. The minimum Gasteiger partial charge on any atom is -0.439 e. The largest absolute Gasteiger partial charge is 0.439 e. The van der Waals surface area contributed by atoms with E-state index < -0.39 is 11.7 Å². The van der Waals surface area contributed by atoms with Gasteiger partial charge in [-0.15, -0.1) is 0 Å². The molecule has 138 valence electrons. The Bertz CT molecular complexity index is 805. The number of hydrogen-bond acceptors (Lipinski definition) is 3. The third-order valence-electron chi connectivity index (χ3n) is 4.49. The van der Waals surface area contributed by atoms with E-state index in [2.05, 4.69) is 11.1 Å². The predicted molar refractivity (Wildman–Crippen MR) is 94.9 cm³/mol. The van der Waals surface area contributed by atoms with E-state index in [4.69, 9.17) is 10.5 Å². The highest BCUT2D eigenvalue weighted by molar-refractivity contribution is 5.55. The van der Waals surface area contributed by atoms with Gasteiger partial charge in [-0.2, -0.15) is 13.2 Å². The zero-order valence-corrected chi connectivity index (χ0v) is 14.5. The maximum atomic E-state index is 12.8. The second-order valence-corrected chi connectivity index (χ2v) is 6.59. The average molecular weight is 362 g/mol. The summed E-state index contributed by atoms with van der Waals surface area (Å²) < 4.78 is 44.1. The summed E-state index contributed by atoms with van der Waals surface area (Å²) in [6.07, 6.45) is 1.69. The van der Waals surface area contributed by atoms with Crippen LogP contribution in [0.2, 0.25) is 0 Å². The van der Waals surface area contributed by atoms with Gasteiger partial charge in [0, 0.05) is 12.1 Å². The summed E-state index contributed by atoms with van der Waals surface area (Å²) in [5.74, 6) is 0.683. The van der Waals surface area contributed by atoms with Crippen LogP contribution in [0.1, 0.15) is 42.5 Å². The fraction of sp³-hybridized carbons (Fsp3) is 0.350. The van der Waals surface area contributed by atoms with Crippen LogP contribution in [0.3, 0.4) is 0 Å². The van der Waals surface area contributed by atoms with Crippen molar-refractivity contribution < 1.29 is 17.9 Å². The number of nitrogens with zero attached hydrogens (tertiary/aromatic N) is 1. The highest BCUT2D eigenvalue weighted by atomic mass is 19.4. The summed E-state index contributed by atoms with van der Waals surface area (Å²) in [6, 6.07) is 9.96. The van der Waals surface area contributed by atoms with Crippen molar-refractivity contribution in [3.05, 3.63) is 58.8 Å². The molecule has 3 nitrogen and oxygen atoms in total. The van der Waals surface area contributed by atoms with Crippen molar-refractivity contribution in [3.63, 3.8) is 0 Å². The normalized spacial score (nSPS) is 17.9. The third-order valence-corrected chi connectivity index (χ3v) is 4.49. The Hall–Kier alpha value is -2.34. The molecule has 1 fully saturated rings. The molecule has 0 radical (unpaired) electrons. The molecule has 6 heteroatoms. The molecule has 0 amide bonds. The molecule has 1 aliphatic carbocycles. The highest BCUT2D eigenvalue weighted by Gasteiger charge is 2.33. The summed E-state index contributed by atoms with van der Waals surface area (Å²) in [5, 5.41) is 0. The van der Waals surface area contributed by atoms with Gasteiger partial charge in [0.25, 0.3) is 0 Å². The standard InChI is InChI=1S/C20H21F3N2O/c1-13-18(20(21,22)23)9-10-19(25-13)26-17-4-2-3-15(12-17)11-14-5-7-16(24)8-6-14/h2-4,9-12,16H,5-8,24H2,1H3. The van der Waals surface area contributed by atoms with Crippen LogP contribution in [-0.4, -0.2) is 11.0 Å². The van der Waals surface area contributed by atoms with Gasteiger partial charge >= 0.3 is 6.18 Å². The first-order chi connectivity index (χ1) is 12.3. The molecule has 0 saturated heterocycles. The number of aryl methyl sites for hydroxylation is 1. The Morgan fingerprint density at radius 2 is 1.88 bits per heavy atom. The van der Waals surface area contributed by atoms with Gasteiger partial charge in [-0.1, -0.05) is 23.8 Å². The van der Waals surface area contributed by atoms with Crippen LogP contribution in [0.4, 0.5) is 13.2 Å². The van der Waals surface area contributed by atoms with Crippen molar-refractivity contribution in [1.29, 1.82) is 0 Å². The number of halogens is 3. The first kappa shape index (κ1) is 18.5. The maximum absolute atomic E-state index is 12.8. The third kappa shape index (κ3) is 4.64. The average Bonchev–Trinajstić information content (AvgIpc) is 2.56. The topological polar surface area (TPSA) is 48.1 Å². The SMILES string of the molecule is Cc1nc(Oc2cccc(C=C3CCC(N)CC3)c2)ccc1C(F)(F)F. The molecule has 0 spiro atoms. The zero-order valence-electron chi connectivity index (χ0n) is 14.5. The first-order valence-corrected chi connectivity index (χ1v) is 8.59. The Balaban J connectivity index is 1.75. The number of rotatable bonds is 3. The van der Waals surface area contributed by atoms with E-state index in [-0.39, 0.29) is 17.6 Å². The van der Waals surface area contributed by atoms with E-state index in [1.165, 1.54) is 18.6 Å². The van der Waals surface area contributed by atoms with Gasteiger partial charge in [0.1, 0.15) is 5.75 Å². The van der Waals surface area contributed by atoms with E-state index in [0.29, 0.717) is 5.75 Å². The Morgan fingerprint density at radius 1 is 1.15 bits per heavy atom. The lowest BCUT2D eigenvalue weighted by Crippen LogP contribution is -2.23. The molecule has 0 aliphatic heterocycles.